The maximum atomic E-state index is 11.7. The van der Waals surface area contributed by atoms with Crippen LogP contribution in [0, 0.1) is 0 Å². The lowest BCUT2D eigenvalue weighted by atomic mass is 10.0. The number of aromatic nitrogens is 1. The highest BCUT2D eigenvalue weighted by Crippen LogP contribution is 2.13. The Morgan fingerprint density at radius 2 is 1.19 bits per heavy atom. The van der Waals surface area contributed by atoms with E-state index >= 15 is 0 Å². The quantitative estimate of drug-likeness (QED) is 0.0781. The van der Waals surface area contributed by atoms with Crippen molar-refractivity contribution in [2.45, 2.75) is 122 Å². The molecule has 0 aromatic carbocycles. The zero-order valence-corrected chi connectivity index (χ0v) is 23.3. The van der Waals surface area contributed by atoms with E-state index in [1.54, 1.807) is 7.11 Å². The fourth-order valence-corrected chi connectivity index (χ4v) is 4.17. The Hall–Kier alpha value is -1.66. The van der Waals surface area contributed by atoms with Crippen LogP contribution in [0.4, 0.5) is 4.79 Å². The molecule has 0 saturated carbocycles. The lowest BCUT2D eigenvalue weighted by Gasteiger charge is -2.15. The average Bonchev–Trinajstić information content (AvgIpc) is 2.90. The molecule has 1 aromatic heterocycles. The maximum absolute atomic E-state index is 11.7. The first-order chi connectivity index (χ1) is 17.8. The zero-order chi connectivity index (χ0) is 25.9. The van der Waals surface area contributed by atoms with Crippen LogP contribution in [-0.2, 0) is 25.5 Å². The standard InChI is InChI=1S/C30H54NO5/c1-3-4-5-6-7-8-9-10-11-12-13-14-15-16-17-21-25-34-27-29(33-2)28-36-30(32)35-26-24-31-22-19-18-20-23-31/h18-20,22-23,29H,3-17,21,24-28H2,1-2H3/q+1/t29-/m1/s1. The Bertz CT molecular complexity index is 598. The van der Waals surface area contributed by atoms with Crippen LogP contribution < -0.4 is 4.57 Å². The number of rotatable bonds is 25. The first-order valence-corrected chi connectivity index (χ1v) is 14.6. The first-order valence-electron chi connectivity index (χ1n) is 14.6. The third-order valence-corrected chi connectivity index (χ3v) is 6.51. The van der Waals surface area contributed by atoms with Gasteiger partial charge in [-0.1, -0.05) is 109 Å². The van der Waals surface area contributed by atoms with Gasteiger partial charge in [0.25, 0.3) is 0 Å². The molecule has 6 nitrogen and oxygen atoms in total. The molecule has 0 radical (unpaired) electrons. The number of methoxy groups -OCH3 is 1. The van der Waals surface area contributed by atoms with Gasteiger partial charge in [-0.15, -0.1) is 0 Å². The molecule has 36 heavy (non-hydrogen) atoms. The number of nitrogens with zero attached hydrogens (tertiary/aromatic N) is 1. The molecule has 1 aromatic rings. The predicted molar refractivity (Wildman–Crippen MR) is 145 cm³/mol. The minimum Gasteiger partial charge on any atom is -0.431 e. The second-order valence-electron chi connectivity index (χ2n) is 9.76. The highest BCUT2D eigenvalue weighted by molar-refractivity contribution is 5.59. The topological polar surface area (TPSA) is 57.9 Å². The second-order valence-corrected chi connectivity index (χ2v) is 9.76. The third kappa shape index (κ3) is 20.5. The molecule has 0 aliphatic heterocycles. The summed E-state index contributed by atoms with van der Waals surface area (Å²) in [5.41, 5.74) is 0. The Morgan fingerprint density at radius 3 is 1.72 bits per heavy atom. The monoisotopic (exact) mass is 508 g/mol. The maximum Gasteiger partial charge on any atom is 0.508 e. The summed E-state index contributed by atoms with van der Waals surface area (Å²) in [7, 11) is 1.60. The van der Waals surface area contributed by atoms with Gasteiger partial charge < -0.3 is 18.9 Å². The van der Waals surface area contributed by atoms with Crippen LogP contribution in [0.3, 0.4) is 0 Å². The molecule has 1 heterocycles. The summed E-state index contributed by atoms with van der Waals surface area (Å²) in [6.45, 7) is 4.40. The average molecular weight is 509 g/mol. The van der Waals surface area contributed by atoms with E-state index in [4.69, 9.17) is 18.9 Å². The highest BCUT2D eigenvalue weighted by Gasteiger charge is 2.13. The van der Waals surface area contributed by atoms with E-state index in [0.717, 1.165) is 13.0 Å². The lowest BCUT2D eigenvalue weighted by molar-refractivity contribution is -0.698. The van der Waals surface area contributed by atoms with Crippen LogP contribution in [0.1, 0.15) is 110 Å². The normalized spacial score (nSPS) is 11.9. The van der Waals surface area contributed by atoms with Crippen molar-refractivity contribution in [2.24, 2.45) is 0 Å². The number of carbonyl (C=O) groups excluding carboxylic acids is 1. The molecule has 1 rings (SSSR count). The fourth-order valence-electron chi connectivity index (χ4n) is 4.17. The van der Waals surface area contributed by atoms with Gasteiger partial charge >= 0.3 is 6.16 Å². The predicted octanol–water partition coefficient (Wildman–Crippen LogP) is 7.42. The second kappa shape index (κ2) is 25.0. The zero-order valence-electron chi connectivity index (χ0n) is 23.3. The van der Waals surface area contributed by atoms with Crippen molar-refractivity contribution >= 4 is 6.16 Å². The number of unbranched alkanes of at least 4 members (excludes halogenated alkanes) is 15. The lowest BCUT2D eigenvalue weighted by Crippen LogP contribution is -2.35. The molecule has 0 aliphatic carbocycles. The van der Waals surface area contributed by atoms with Crippen molar-refractivity contribution in [3.63, 3.8) is 0 Å². The minimum atomic E-state index is -0.675. The van der Waals surface area contributed by atoms with Crippen molar-refractivity contribution < 1.29 is 28.3 Å². The fraction of sp³-hybridized carbons (Fsp3) is 0.800. The van der Waals surface area contributed by atoms with Crippen molar-refractivity contribution in [1.29, 1.82) is 0 Å². The molecule has 6 heteroatoms. The Kier molecular flexibility index (Phi) is 22.5. The smallest absolute Gasteiger partial charge is 0.431 e. The van der Waals surface area contributed by atoms with Crippen molar-refractivity contribution in [3.05, 3.63) is 30.6 Å². The Morgan fingerprint density at radius 1 is 0.667 bits per heavy atom. The number of carbonyl (C=O) groups is 1. The van der Waals surface area contributed by atoms with Gasteiger partial charge in [0.05, 0.1) is 6.61 Å². The molecule has 0 unspecified atom stereocenters. The van der Waals surface area contributed by atoms with Gasteiger partial charge in [0.15, 0.2) is 25.5 Å². The van der Waals surface area contributed by atoms with Crippen LogP contribution in [-0.4, -0.2) is 45.8 Å². The van der Waals surface area contributed by atoms with E-state index < -0.39 is 6.16 Å². The molecule has 0 amide bonds. The van der Waals surface area contributed by atoms with E-state index in [0.29, 0.717) is 13.2 Å². The molecule has 0 fully saturated rings. The summed E-state index contributed by atoms with van der Waals surface area (Å²) < 4.78 is 23.3. The molecule has 0 aliphatic rings. The molecule has 0 saturated heterocycles. The number of pyridine rings is 1. The number of hydrogen-bond donors (Lipinski definition) is 0. The summed E-state index contributed by atoms with van der Waals surface area (Å²) >= 11 is 0. The molecule has 0 bridgehead atoms. The largest absolute Gasteiger partial charge is 0.508 e. The van der Waals surface area contributed by atoms with Gasteiger partial charge in [0.1, 0.15) is 12.7 Å². The van der Waals surface area contributed by atoms with Crippen LogP contribution in [0.2, 0.25) is 0 Å². The minimum absolute atomic E-state index is 0.132. The molecule has 0 spiro atoms. The van der Waals surface area contributed by atoms with Gasteiger partial charge in [-0.3, -0.25) is 0 Å². The summed E-state index contributed by atoms with van der Waals surface area (Å²) in [4.78, 5) is 11.7. The highest BCUT2D eigenvalue weighted by atomic mass is 16.7. The van der Waals surface area contributed by atoms with Crippen LogP contribution in [0.15, 0.2) is 30.6 Å². The van der Waals surface area contributed by atoms with E-state index in [-0.39, 0.29) is 19.3 Å². The van der Waals surface area contributed by atoms with Gasteiger partial charge in [0, 0.05) is 25.8 Å². The van der Waals surface area contributed by atoms with Crippen molar-refractivity contribution in [2.75, 3.05) is 33.5 Å². The van der Waals surface area contributed by atoms with Gasteiger partial charge in [-0.25, -0.2) is 9.36 Å². The van der Waals surface area contributed by atoms with Gasteiger partial charge in [-0.05, 0) is 6.42 Å². The third-order valence-electron chi connectivity index (χ3n) is 6.51. The van der Waals surface area contributed by atoms with Crippen molar-refractivity contribution in [3.8, 4) is 0 Å². The number of ether oxygens (including phenoxy) is 4. The Balaban J connectivity index is 1.83. The molecule has 0 N–H and O–H groups in total. The number of hydrogen-bond acceptors (Lipinski definition) is 5. The molecule has 1 atom stereocenters. The van der Waals surface area contributed by atoms with Gasteiger partial charge in [-0.2, -0.15) is 0 Å². The van der Waals surface area contributed by atoms with E-state index in [1.165, 1.54) is 96.3 Å². The summed E-state index contributed by atoms with van der Waals surface area (Å²) in [5, 5.41) is 0. The summed E-state index contributed by atoms with van der Waals surface area (Å²) in [6.07, 6.45) is 24.7. The SMILES string of the molecule is CCCCCCCCCCCCCCCCCCOC[C@H](COC(=O)OCC[n+]1ccccc1)OC. The summed E-state index contributed by atoms with van der Waals surface area (Å²) in [5.74, 6) is 0. The molecular formula is C30H54NO5+. The van der Waals surface area contributed by atoms with E-state index in [2.05, 4.69) is 6.92 Å². The van der Waals surface area contributed by atoms with E-state index in [1.807, 2.05) is 35.2 Å². The molecule has 208 valence electrons. The molecular weight excluding hydrogens is 454 g/mol. The van der Waals surface area contributed by atoms with Gasteiger partial charge in [0.2, 0.25) is 0 Å². The first kappa shape index (κ1) is 32.4. The summed E-state index contributed by atoms with van der Waals surface area (Å²) in [6, 6.07) is 5.81. The van der Waals surface area contributed by atoms with Crippen LogP contribution in [0.25, 0.3) is 0 Å². The van der Waals surface area contributed by atoms with E-state index in [9.17, 15) is 4.79 Å². The van der Waals surface area contributed by atoms with Crippen LogP contribution in [0.5, 0.6) is 0 Å². The Labute approximate surface area is 221 Å². The van der Waals surface area contributed by atoms with Crippen LogP contribution >= 0.6 is 0 Å². The van der Waals surface area contributed by atoms with Crippen molar-refractivity contribution in [1.82, 2.24) is 0 Å².